The molecule has 3 aromatic rings. The van der Waals surface area contributed by atoms with E-state index in [1.54, 1.807) is 24.3 Å². The number of aryl methyl sites for hydroxylation is 1. The number of aromatic amines is 1. The van der Waals surface area contributed by atoms with Gasteiger partial charge in [-0.05, 0) is 55.3 Å². The Hall–Kier alpha value is -2.09. The molecule has 1 fully saturated rings. The second kappa shape index (κ2) is 9.37. The van der Waals surface area contributed by atoms with Crippen LogP contribution in [0.2, 0.25) is 0 Å². The molecule has 1 aliphatic rings. The quantitative estimate of drug-likeness (QED) is 0.617. The third-order valence-electron chi connectivity index (χ3n) is 5.63. The Kier molecular flexibility index (Phi) is 7.06. The Morgan fingerprint density at radius 1 is 1.07 bits per heavy atom. The number of anilines is 1. The molecule has 2 heterocycles. The van der Waals surface area contributed by atoms with Crippen LogP contribution in [0.3, 0.4) is 0 Å². The van der Waals surface area contributed by atoms with Crippen molar-refractivity contribution in [3.05, 3.63) is 60.0 Å². The van der Waals surface area contributed by atoms with Gasteiger partial charge in [-0.25, -0.2) is 12.8 Å². The van der Waals surface area contributed by atoms with Gasteiger partial charge in [0.15, 0.2) is 9.84 Å². The molecule has 0 atom stereocenters. The summed E-state index contributed by atoms with van der Waals surface area (Å²) < 4.78 is 37.7. The molecule has 30 heavy (non-hydrogen) atoms. The fraction of sp³-hybridized carbons (Fsp3) is 0.364. The topological polar surface area (TPSA) is 56.4 Å². The van der Waals surface area contributed by atoms with Crippen molar-refractivity contribution in [2.45, 2.75) is 17.7 Å². The first kappa shape index (κ1) is 22.6. The number of rotatable bonds is 6. The van der Waals surface area contributed by atoms with E-state index in [0.29, 0.717) is 4.90 Å². The maximum atomic E-state index is 13.5. The summed E-state index contributed by atoms with van der Waals surface area (Å²) >= 11 is 0. The molecule has 0 amide bonds. The normalized spacial score (nSPS) is 15.3. The van der Waals surface area contributed by atoms with Crippen LogP contribution in [-0.4, -0.2) is 57.3 Å². The second-order valence-electron chi connectivity index (χ2n) is 7.68. The van der Waals surface area contributed by atoms with Gasteiger partial charge in [0.25, 0.3) is 0 Å². The lowest BCUT2D eigenvalue weighted by molar-refractivity contribution is 0.255. The molecular formula is C22H27ClFN3O2S. The molecule has 162 valence electrons. The summed E-state index contributed by atoms with van der Waals surface area (Å²) in [5.41, 5.74) is 2.93. The van der Waals surface area contributed by atoms with E-state index in [1.165, 1.54) is 12.3 Å². The van der Waals surface area contributed by atoms with E-state index in [-0.39, 0.29) is 18.2 Å². The van der Waals surface area contributed by atoms with Crippen molar-refractivity contribution in [3.63, 3.8) is 0 Å². The number of sulfone groups is 1. The number of hydrogen-bond donors (Lipinski definition) is 1. The Balaban J connectivity index is 0.00000256. The van der Waals surface area contributed by atoms with Gasteiger partial charge < -0.3 is 9.88 Å². The van der Waals surface area contributed by atoms with E-state index < -0.39 is 9.84 Å². The molecule has 0 bridgehead atoms. The number of piperazine rings is 1. The lowest BCUT2D eigenvalue weighted by Crippen LogP contribution is -2.47. The lowest BCUT2D eigenvalue weighted by atomic mass is 10.1. The highest BCUT2D eigenvalue weighted by Crippen LogP contribution is 2.26. The van der Waals surface area contributed by atoms with E-state index in [0.717, 1.165) is 67.7 Å². The monoisotopic (exact) mass is 451 g/mol. The minimum atomic E-state index is -3.24. The first-order chi connectivity index (χ1) is 13.9. The minimum Gasteiger partial charge on any atom is -0.368 e. The van der Waals surface area contributed by atoms with Gasteiger partial charge in [-0.2, -0.15) is 0 Å². The van der Waals surface area contributed by atoms with Crippen molar-refractivity contribution in [2.75, 3.05) is 43.9 Å². The fourth-order valence-corrected chi connectivity index (χ4v) is 5.00. The third-order valence-corrected chi connectivity index (χ3v) is 6.77. The average Bonchev–Trinajstić information content (AvgIpc) is 3.10. The van der Waals surface area contributed by atoms with Gasteiger partial charge in [-0.1, -0.05) is 12.1 Å². The fourth-order valence-electron chi connectivity index (χ4n) is 4.09. The van der Waals surface area contributed by atoms with Gasteiger partial charge in [0.05, 0.1) is 10.6 Å². The predicted molar refractivity (Wildman–Crippen MR) is 122 cm³/mol. The van der Waals surface area contributed by atoms with E-state index in [4.69, 9.17) is 0 Å². The van der Waals surface area contributed by atoms with Gasteiger partial charge >= 0.3 is 0 Å². The van der Waals surface area contributed by atoms with Gasteiger partial charge in [-0.15, -0.1) is 12.4 Å². The Labute approximate surface area is 183 Å². The van der Waals surface area contributed by atoms with Crippen LogP contribution in [0.25, 0.3) is 10.9 Å². The summed E-state index contributed by atoms with van der Waals surface area (Å²) in [5.74, 6) is -0.205. The van der Waals surface area contributed by atoms with Crippen molar-refractivity contribution in [1.82, 2.24) is 9.88 Å². The van der Waals surface area contributed by atoms with Gasteiger partial charge in [-0.3, -0.25) is 4.90 Å². The molecule has 4 rings (SSSR count). The molecule has 8 heteroatoms. The van der Waals surface area contributed by atoms with Crippen LogP contribution >= 0.6 is 12.4 Å². The van der Waals surface area contributed by atoms with Crippen molar-refractivity contribution in [3.8, 4) is 0 Å². The van der Waals surface area contributed by atoms with Crippen molar-refractivity contribution >= 4 is 38.8 Å². The standard InChI is InChI=1S/C22H26FN3O2S.ClH/c1-29(27,28)22-7-3-2-6-21(22)26-13-11-25(12-14-26)10-4-5-17-16-24-20-9-8-18(23)15-19(17)20;/h2-3,6-9,15-16,24H,4-5,10-14H2,1H3;1H. The zero-order valence-corrected chi connectivity index (χ0v) is 18.6. The second-order valence-corrected chi connectivity index (χ2v) is 9.66. The molecule has 0 radical (unpaired) electrons. The summed E-state index contributed by atoms with van der Waals surface area (Å²) in [7, 11) is -3.24. The van der Waals surface area contributed by atoms with E-state index in [2.05, 4.69) is 14.8 Å². The van der Waals surface area contributed by atoms with Crippen molar-refractivity contribution < 1.29 is 12.8 Å². The summed E-state index contributed by atoms with van der Waals surface area (Å²) in [5, 5.41) is 0.965. The number of para-hydroxylation sites is 1. The Morgan fingerprint density at radius 2 is 1.80 bits per heavy atom. The SMILES string of the molecule is CS(=O)(=O)c1ccccc1N1CCN(CCCc2c[nH]c3ccc(F)cc23)CC1.Cl. The molecule has 1 aromatic heterocycles. The lowest BCUT2D eigenvalue weighted by Gasteiger charge is -2.36. The highest BCUT2D eigenvalue weighted by Gasteiger charge is 2.22. The van der Waals surface area contributed by atoms with E-state index in [1.807, 2.05) is 18.3 Å². The van der Waals surface area contributed by atoms with Crippen LogP contribution in [0, 0.1) is 5.82 Å². The maximum Gasteiger partial charge on any atom is 0.177 e. The van der Waals surface area contributed by atoms with E-state index in [9.17, 15) is 12.8 Å². The molecule has 2 aromatic carbocycles. The largest absolute Gasteiger partial charge is 0.368 e. The van der Waals surface area contributed by atoms with Crippen LogP contribution in [0.5, 0.6) is 0 Å². The number of hydrogen-bond acceptors (Lipinski definition) is 4. The summed E-state index contributed by atoms with van der Waals surface area (Å²) in [4.78, 5) is 8.19. The molecule has 1 aliphatic heterocycles. The van der Waals surface area contributed by atoms with Crippen LogP contribution in [0.4, 0.5) is 10.1 Å². The smallest absolute Gasteiger partial charge is 0.177 e. The van der Waals surface area contributed by atoms with Crippen molar-refractivity contribution in [1.29, 1.82) is 0 Å². The van der Waals surface area contributed by atoms with Crippen LogP contribution in [0.1, 0.15) is 12.0 Å². The zero-order valence-electron chi connectivity index (χ0n) is 17.0. The number of fused-ring (bicyclic) bond motifs is 1. The molecule has 5 nitrogen and oxygen atoms in total. The average molecular weight is 452 g/mol. The summed E-state index contributed by atoms with van der Waals surface area (Å²) in [6.07, 6.45) is 5.15. The number of nitrogens with zero attached hydrogens (tertiary/aromatic N) is 2. The molecular weight excluding hydrogens is 425 g/mol. The molecule has 0 aliphatic carbocycles. The summed E-state index contributed by atoms with van der Waals surface area (Å²) in [6.45, 7) is 4.40. The molecule has 1 saturated heterocycles. The van der Waals surface area contributed by atoms with Gasteiger partial charge in [0.2, 0.25) is 0 Å². The number of H-pyrrole nitrogens is 1. The Bertz CT molecular complexity index is 1110. The number of benzene rings is 2. The number of nitrogens with one attached hydrogen (secondary N) is 1. The van der Waals surface area contributed by atoms with E-state index >= 15 is 0 Å². The third kappa shape index (κ3) is 4.96. The number of aromatic nitrogens is 1. The number of halogens is 2. The zero-order chi connectivity index (χ0) is 20.4. The first-order valence-corrected chi connectivity index (χ1v) is 11.8. The predicted octanol–water partition coefficient (Wildman–Crippen LogP) is 3.89. The minimum absolute atomic E-state index is 0. The van der Waals surface area contributed by atoms with Crippen molar-refractivity contribution in [2.24, 2.45) is 0 Å². The molecule has 0 spiro atoms. The molecule has 1 N–H and O–H groups in total. The Morgan fingerprint density at radius 3 is 2.53 bits per heavy atom. The first-order valence-electron chi connectivity index (χ1n) is 9.94. The molecule has 0 unspecified atom stereocenters. The van der Waals surface area contributed by atoms with Crippen LogP contribution in [0.15, 0.2) is 53.6 Å². The van der Waals surface area contributed by atoms with Gasteiger partial charge in [0.1, 0.15) is 5.82 Å². The summed E-state index contributed by atoms with van der Waals surface area (Å²) in [6, 6.07) is 12.1. The van der Waals surface area contributed by atoms with Gasteiger partial charge in [0, 0.05) is 49.5 Å². The maximum absolute atomic E-state index is 13.5. The highest BCUT2D eigenvalue weighted by molar-refractivity contribution is 7.90. The van der Waals surface area contributed by atoms with Crippen LogP contribution < -0.4 is 4.90 Å². The van der Waals surface area contributed by atoms with Crippen LogP contribution in [-0.2, 0) is 16.3 Å². The molecule has 0 saturated carbocycles. The highest BCUT2D eigenvalue weighted by atomic mass is 35.5.